The van der Waals surface area contributed by atoms with Crippen molar-refractivity contribution in [2.24, 2.45) is 0 Å². The van der Waals surface area contributed by atoms with Crippen LogP contribution in [0.1, 0.15) is 29.4 Å². The third kappa shape index (κ3) is 3.23. The molecule has 4 nitrogen and oxygen atoms in total. The SMILES string of the molecule is CCNc1nc(C)nc(NCc2cscc2C)c1C. The number of aromatic nitrogens is 2. The number of thiophene rings is 1. The van der Waals surface area contributed by atoms with Gasteiger partial charge < -0.3 is 10.6 Å². The lowest BCUT2D eigenvalue weighted by Gasteiger charge is -2.13. The van der Waals surface area contributed by atoms with Crippen molar-refractivity contribution < 1.29 is 0 Å². The van der Waals surface area contributed by atoms with Crippen LogP contribution in [0, 0.1) is 20.8 Å². The van der Waals surface area contributed by atoms with E-state index in [2.05, 4.69) is 45.2 Å². The Morgan fingerprint density at radius 3 is 2.32 bits per heavy atom. The Labute approximate surface area is 118 Å². The summed E-state index contributed by atoms with van der Waals surface area (Å²) in [7, 11) is 0. The number of nitrogens with one attached hydrogen (secondary N) is 2. The van der Waals surface area contributed by atoms with Crippen molar-refractivity contribution in [1.82, 2.24) is 9.97 Å². The molecule has 0 radical (unpaired) electrons. The van der Waals surface area contributed by atoms with E-state index < -0.39 is 0 Å². The maximum Gasteiger partial charge on any atom is 0.135 e. The molecule has 0 aliphatic rings. The topological polar surface area (TPSA) is 49.8 Å². The quantitative estimate of drug-likeness (QED) is 0.877. The number of anilines is 2. The van der Waals surface area contributed by atoms with Crippen molar-refractivity contribution in [2.45, 2.75) is 34.2 Å². The van der Waals surface area contributed by atoms with Gasteiger partial charge >= 0.3 is 0 Å². The second-order valence-corrected chi connectivity index (χ2v) is 5.30. The first-order chi connectivity index (χ1) is 9.11. The van der Waals surface area contributed by atoms with Gasteiger partial charge in [0.25, 0.3) is 0 Å². The Morgan fingerprint density at radius 2 is 1.74 bits per heavy atom. The molecule has 0 aromatic carbocycles. The van der Waals surface area contributed by atoms with Gasteiger partial charge in [-0.3, -0.25) is 0 Å². The fourth-order valence-corrected chi connectivity index (χ4v) is 2.74. The van der Waals surface area contributed by atoms with Gasteiger partial charge in [-0.2, -0.15) is 11.3 Å². The zero-order valence-corrected chi connectivity index (χ0v) is 12.7. The Bertz CT molecular complexity index is 563. The molecular formula is C14H20N4S. The van der Waals surface area contributed by atoms with E-state index in [0.717, 1.165) is 36.1 Å². The van der Waals surface area contributed by atoms with Gasteiger partial charge in [-0.25, -0.2) is 9.97 Å². The number of hydrogen-bond acceptors (Lipinski definition) is 5. The molecule has 0 aliphatic carbocycles. The molecule has 0 saturated carbocycles. The zero-order chi connectivity index (χ0) is 13.8. The molecule has 5 heteroatoms. The second kappa shape index (κ2) is 6.02. The molecule has 0 atom stereocenters. The highest BCUT2D eigenvalue weighted by molar-refractivity contribution is 7.08. The first kappa shape index (κ1) is 13.8. The summed E-state index contributed by atoms with van der Waals surface area (Å²) < 4.78 is 0. The van der Waals surface area contributed by atoms with Crippen LogP contribution in [0.3, 0.4) is 0 Å². The van der Waals surface area contributed by atoms with E-state index in [4.69, 9.17) is 0 Å². The Morgan fingerprint density at radius 1 is 1.05 bits per heavy atom. The molecule has 0 aliphatic heterocycles. The van der Waals surface area contributed by atoms with Gasteiger partial charge in [-0.1, -0.05) is 0 Å². The molecular weight excluding hydrogens is 256 g/mol. The maximum atomic E-state index is 4.49. The van der Waals surface area contributed by atoms with Crippen molar-refractivity contribution in [3.8, 4) is 0 Å². The van der Waals surface area contributed by atoms with Gasteiger partial charge in [0.2, 0.25) is 0 Å². The van der Waals surface area contributed by atoms with Crippen LogP contribution in [-0.2, 0) is 6.54 Å². The molecule has 2 heterocycles. The molecule has 19 heavy (non-hydrogen) atoms. The van der Waals surface area contributed by atoms with E-state index in [1.54, 1.807) is 11.3 Å². The Kier molecular flexibility index (Phi) is 4.37. The van der Waals surface area contributed by atoms with Crippen molar-refractivity contribution in [2.75, 3.05) is 17.2 Å². The fourth-order valence-electron chi connectivity index (χ4n) is 1.89. The van der Waals surface area contributed by atoms with Crippen LogP contribution >= 0.6 is 11.3 Å². The Hall–Kier alpha value is -1.62. The third-order valence-corrected chi connectivity index (χ3v) is 3.92. The van der Waals surface area contributed by atoms with Crippen LogP contribution in [-0.4, -0.2) is 16.5 Å². The summed E-state index contributed by atoms with van der Waals surface area (Å²) in [5, 5.41) is 11.0. The summed E-state index contributed by atoms with van der Waals surface area (Å²) in [4.78, 5) is 8.91. The first-order valence-electron chi connectivity index (χ1n) is 6.46. The number of hydrogen-bond donors (Lipinski definition) is 2. The summed E-state index contributed by atoms with van der Waals surface area (Å²) in [6, 6.07) is 0. The highest BCUT2D eigenvalue weighted by Gasteiger charge is 2.09. The molecule has 0 bridgehead atoms. The largest absolute Gasteiger partial charge is 0.370 e. The molecule has 0 amide bonds. The van der Waals surface area contributed by atoms with Gasteiger partial charge in [0.05, 0.1) is 0 Å². The van der Waals surface area contributed by atoms with E-state index in [1.807, 2.05) is 13.8 Å². The predicted octanol–water partition coefficient (Wildman–Crippen LogP) is 3.51. The first-order valence-corrected chi connectivity index (χ1v) is 7.40. The van der Waals surface area contributed by atoms with Crippen LogP contribution in [0.2, 0.25) is 0 Å². The smallest absolute Gasteiger partial charge is 0.135 e. The van der Waals surface area contributed by atoms with Crippen LogP contribution in [0.25, 0.3) is 0 Å². The van der Waals surface area contributed by atoms with Gasteiger partial charge in [-0.15, -0.1) is 0 Å². The summed E-state index contributed by atoms with van der Waals surface area (Å²) in [6.07, 6.45) is 0. The van der Waals surface area contributed by atoms with Crippen molar-refractivity contribution in [1.29, 1.82) is 0 Å². The molecule has 0 spiro atoms. The number of rotatable bonds is 5. The van der Waals surface area contributed by atoms with Gasteiger partial charge in [-0.05, 0) is 49.6 Å². The standard InChI is InChI=1S/C14H20N4S/c1-5-15-13-10(3)14(18-11(4)17-13)16-6-12-8-19-7-9(12)2/h7-8H,5-6H2,1-4H3,(H2,15,16,17,18). The number of aryl methyl sites for hydroxylation is 2. The van der Waals surface area contributed by atoms with Gasteiger partial charge in [0.1, 0.15) is 17.5 Å². The lowest BCUT2D eigenvalue weighted by atomic mass is 10.2. The summed E-state index contributed by atoms with van der Waals surface area (Å²) >= 11 is 1.73. The average molecular weight is 276 g/mol. The maximum absolute atomic E-state index is 4.49. The van der Waals surface area contributed by atoms with E-state index in [0.29, 0.717) is 0 Å². The molecule has 0 unspecified atom stereocenters. The fraction of sp³-hybridized carbons (Fsp3) is 0.429. The predicted molar refractivity (Wildman–Crippen MR) is 82.1 cm³/mol. The van der Waals surface area contributed by atoms with Crippen molar-refractivity contribution >= 4 is 23.0 Å². The zero-order valence-electron chi connectivity index (χ0n) is 11.9. The van der Waals surface area contributed by atoms with E-state index in [9.17, 15) is 0 Å². The molecule has 2 aromatic rings. The number of nitrogens with zero attached hydrogens (tertiary/aromatic N) is 2. The van der Waals surface area contributed by atoms with Crippen LogP contribution in [0.4, 0.5) is 11.6 Å². The molecule has 102 valence electrons. The molecule has 0 saturated heterocycles. The summed E-state index contributed by atoms with van der Waals surface area (Å²) in [5.41, 5.74) is 3.72. The second-order valence-electron chi connectivity index (χ2n) is 4.56. The van der Waals surface area contributed by atoms with Crippen LogP contribution < -0.4 is 10.6 Å². The Balaban J connectivity index is 2.18. The lowest BCUT2D eigenvalue weighted by molar-refractivity contribution is 0.992. The van der Waals surface area contributed by atoms with E-state index in [-0.39, 0.29) is 0 Å². The lowest BCUT2D eigenvalue weighted by Crippen LogP contribution is -2.10. The van der Waals surface area contributed by atoms with Crippen molar-refractivity contribution in [3.63, 3.8) is 0 Å². The van der Waals surface area contributed by atoms with Gasteiger partial charge in [0.15, 0.2) is 0 Å². The minimum atomic E-state index is 0.783. The highest BCUT2D eigenvalue weighted by Crippen LogP contribution is 2.21. The average Bonchev–Trinajstić information content (AvgIpc) is 2.77. The molecule has 2 aromatic heterocycles. The van der Waals surface area contributed by atoms with E-state index >= 15 is 0 Å². The monoisotopic (exact) mass is 276 g/mol. The van der Waals surface area contributed by atoms with Crippen LogP contribution in [0.15, 0.2) is 10.8 Å². The third-order valence-electron chi connectivity index (χ3n) is 3.01. The van der Waals surface area contributed by atoms with E-state index in [1.165, 1.54) is 11.1 Å². The normalized spacial score (nSPS) is 10.5. The minimum Gasteiger partial charge on any atom is -0.370 e. The summed E-state index contributed by atoms with van der Waals surface area (Å²) in [5.74, 6) is 2.61. The van der Waals surface area contributed by atoms with Crippen LogP contribution in [0.5, 0.6) is 0 Å². The summed E-state index contributed by atoms with van der Waals surface area (Å²) in [6.45, 7) is 9.83. The molecule has 2 rings (SSSR count). The van der Waals surface area contributed by atoms with Gasteiger partial charge in [0, 0.05) is 18.7 Å². The van der Waals surface area contributed by atoms with Crippen molar-refractivity contribution in [3.05, 3.63) is 33.3 Å². The molecule has 0 fully saturated rings. The molecule has 2 N–H and O–H groups in total. The minimum absolute atomic E-state index is 0.783. The highest BCUT2D eigenvalue weighted by atomic mass is 32.1.